The van der Waals surface area contributed by atoms with E-state index in [1.165, 1.54) is 13.8 Å². The summed E-state index contributed by atoms with van der Waals surface area (Å²) < 4.78 is 63.4. The Morgan fingerprint density at radius 1 is 1.25 bits per heavy atom. The quantitative estimate of drug-likeness (QED) is 0.870. The summed E-state index contributed by atoms with van der Waals surface area (Å²) in [5, 5.41) is 8.83. The van der Waals surface area contributed by atoms with Crippen molar-refractivity contribution in [3.8, 4) is 0 Å². The lowest BCUT2D eigenvalue weighted by Crippen LogP contribution is -2.37. The molecule has 1 rings (SSSR count). The normalized spacial score (nSPS) is 12.4. The third-order valence-corrected chi connectivity index (χ3v) is 4.89. The van der Waals surface area contributed by atoms with Crippen molar-refractivity contribution in [2.24, 2.45) is 0 Å². The molecule has 0 aliphatic heterocycles. The second kappa shape index (κ2) is 6.55. The molecule has 0 bridgehead atoms. The van der Waals surface area contributed by atoms with Crippen LogP contribution in [0, 0.1) is 19.7 Å². The predicted molar refractivity (Wildman–Crippen MR) is 67.7 cm³/mol. The summed E-state index contributed by atoms with van der Waals surface area (Å²) in [5.41, 5.74) is 0.277. The number of hydrogen-bond acceptors (Lipinski definition) is 3. The molecule has 0 saturated carbocycles. The van der Waals surface area contributed by atoms with Crippen molar-refractivity contribution in [1.29, 1.82) is 0 Å². The highest BCUT2D eigenvalue weighted by Crippen LogP contribution is 2.25. The second-order valence-corrected chi connectivity index (χ2v) is 6.22. The number of rotatable bonds is 6. The van der Waals surface area contributed by atoms with Crippen LogP contribution < -0.4 is 0 Å². The van der Waals surface area contributed by atoms with Crippen molar-refractivity contribution in [1.82, 2.24) is 4.31 Å². The van der Waals surface area contributed by atoms with E-state index in [-0.39, 0.29) is 16.0 Å². The Kier molecular flexibility index (Phi) is 5.55. The lowest BCUT2D eigenvalue weighted by atomic mass is 10.1. The third kappa shape index (κ3) is 3.71. The van der Waals surface area contributed by atoms with Gasteiger partial charge in [0.25, 0.3) is 6.43 Å². The molecule has 0 saturated heterocycles. The summed E-state index contributed by atoms with van der Waals surface area (Å²) in [7, 11) is -4.21. The summed E-state index contributed by atoms with van der Waals surface area (Å²) in [6.07, 6.45) is -2.86. The van der Waals surface area contributed by atoms with Crippen LogP contribution in [-0.2, 0) is 10.0 Å². The molecule has 1 aromatic rings. The van der Waals surface area contributed by atoms with E-state index in [4.69, 9.17) is 5.11 Å². The van der Waals surface area contributed by atoms with Gasteiger partial charge in [0.1, 0.15) is 5.82 Å². The summed E-state index contributed by atoms with van der Waals surface area (Å²) in [4.78, 5) is -0.201. The molecule has 20 heavy (non-hydrogen) atoms. The zero-order valence-electron chi connectivity index (χ0n) is 11.1. The van der Waals surface area contributed by atoms with Crippen LogP contribution in [0.2, 0.25) is 0 Å². The van der Waals surface area contributed by atoms with Gasteiger partial charge in [0.15, 0.2) is 0 Å². The Labute approximate surface area is 115 Å². The molecule has 0 aliphatic carbocycles. The zero-order valence-corrected chi connectivity index (χ0v) is 11.9. The lowest BCUT2D eigenvalue weighted by molar-refractivity contribution is 0.113. The van der Waals surface area contributed by atoms with Crippen molar-refractivity contribution in [3.05, 3.63) is 29.1 Å². The van der Waals surface area contributed by atoms with Crippen molar-refractivity contribution < 1.29 is 26.7 Å². The zero-order chi connectivity index (χ0) is 15.5. The van der Waals surface area contributed by atoms with Crippen LogP contribution in [0.15, 0.2) is 17.0 Å². The van der Waals surface area contributed by atoms with Crippen molar-refractivity contribution in [3.63, 3.8) is 0 Å². The molecule has 4 nitrogen and oxygen atoms in total. The van der Waals surface area contributed by atoms with Gasteiger partial charge in [0, 0.05) is 6.54 Å². The number of aryl methyl sites for hydroxylation is 2. The SMILES string of the molecule is Cc1cc(F)cc(C)c1S(=O)(=O)N(CCO)CC(F)F. The molecule has 0 spiro atoms. The lowest BCUT2D eigenvalue weighted by Gasteiger charge is -2.23. The minimum Gasteiger partial charge on any atom is -0.395 e. The molecule has 1 aromatic carbocycles. The highest BCUT2D eigenvalue weighted by molar-refractivity contribution is 7.89. The van der Waals surface area contributed by atoms with Gasteiger partial charge in [-0.25, -0.2) is 21.6 Å². The number of hydrogen-bond donors (Lipinski definition) is 1. The first-order valence-electron chi connectivity index (χ1n) is 5.86. The minimum absolute atomic E-state index is 0.139. The predicted octanol–water partition coefficient (Wildman–Crippen LogP) is 1.69. The van der Waals surface area contributed by atoms with E-state index in [9.17, 15) is 21.6 Å². The smallest absolute Gasteiger partial charge is 0.252 e. The Morgan fingerprint density at radius 3 is 2.15 bits per heavy atom. The fraction of sp³-hybridized carbons (Fsp3) is 0.500. The van der Waals surface area contributed by atoms with Crippen molar-refractivity contribution >= 4 is 10.0 Å². The van der Waals surface area contributed by atoms with Crippen LogP contribution in [0.5, 0.6) is 0 Å². The van der Waals surface area contributed by atoms with Crippen LogP contribution in [0.25, 0.3) is 0 Å². The number of halogens is 3. The molecule has 0 amide bonds. The molecular formula is C12H16F3NO3S. The van der Waals surface area contributed by atoms with Crippen LogP contribution in [0.3, 0.4) is 0 Å². The van der Waals surface area contributed by atoms with Crippen molar-refractivity contribution in [2.45, 2.75) is 25.2 Å². The fourth-order valence-corrected chi connectivity index (χ4v) is 3.83. The second-order valence-electron chi connectivity index (χ2n) is 4.35. The Morgan fingerprint density at radius 2 is 1.75 bits per heavy atom. The van der Waals surface area contributed by atoms with Gasteiger partial charge in [0.2, 0.25) is 10.0 Å². The molecule has 0 heterocycles. The van der Waals surface area contributed by atoms with E-state index in [0.717, 1.165) is 12.1 Å². The molecule has 1 N–H and O–H groups in total. The van der Waals surface area contributed by atoms with E-state index >= 15 is 0 Å². The van der Waals surface area contributed by atoms with Gasteiger partial charge in [-0.05, 0) is 37.1 Å². The largest absolute Gasteiger partial charge is 0.395 e. The highest BCUT2D eigenvalue weighted by Gasteiger charge is 2.29. The average Bonchev–Trinajstić information content (AvgIpc) is 2.25. The molecule has 0 atom stereocenters. The summed E-state index contributed by atoms with van der Waals surface area (Å²) in [5.74, 6) is -0.596. The molecule has 114 valence electrons. The van der Waals surface area contributed by atoms with Gasteiger partial charge in [-0.15, -0.1) is 0 Å². The van der Waals surface area contributed by atoms with E-state index in [1.807, 2.05) is 0 Å². The maximum atomic E-state index is 13.2. The standard InChI is InChI=1S/C12H16F3NO3S/c1-8-5-10(13)6-9(2)12(8)20(18,19)16(3-4-17)7-11(14)15/h5-6,11,17H,3-4,7H2,1-2H3. The molecular weight excluding hydrogens is 295 g/mol. The van der Waals surface area contributed by atoms with Gasteiger partial charge in [-0.1, -0.05) is 0 Å². The summed E-state index contributed by atoms with van der Waals surface area (Å²) in [6, 6.07) is 2.05. The van der Waals surface area contributed by atoms with Gasteiger partial charge >= 0.3 is 0 Å². The van der Waals surface area contributed by atoms with Gasteiger partial charge in [-0.3, -0.25) is 0 Å². The van der Waals surface area contributed by atoms with Crippen LogP contribution in [0.1, 0.15) is 11.1 Å². The topological polar surface area (TPSA) is 57.6 Å². The summed E-state index contributed by atoms with van der Waals surface area (Å²) in [6.45, 7) is 0.748. The van der Waals surface area contributed by atoms with E-state index in [0.29, 0.717) is 4.31 Å². The molecule has 0 radical (unpaired) electrons. The average molecular weight is 311 g/mol. The fourth-order valence-electron chi connectivity index (χ4n) is 2.01. The van der Waals surface area contributed by atoms with Gasteiger partial charge in [0.05, 0.1) is 18.0 Å². The van der Waals surface area contributed by atoms with Crippen LogP contribution in [0.4, 0.5) is 13.2 Å². The Hall–Kier alpha value is -1.12. The highest BCUT2D eigenvalue weighted by atomic mass is 32.2. The Bertz CT molecular complexity index is 552. The van der Waals surface area contributed by atoms with Gasteiger partial charge in [-0.2, -0.15) is 4.31 Å². The third-order valence-electron chi connectivity index (χ3n) is 2.71. The minimum atomic E-state index is -4.21. The molecule has 0 aromatic heterocycles. The van der Waals surface area contributed by atoms with E-state index in [2.05, 4.69) is 0 Å². The van der Waals surface area contributed by atoms with Crippen LogP contribution in [-0.4, -0.2) is 44.0 Å². The molecule has 0 aliphatic rings. The number of nitrogens with zero attached hydrogens (tertiary/aromatic N) is 1. The monoisotopic (exact) mass is 311 g/mol. The number of benzene rings is 1. The van der Waals surface area contributed by atoms with E-state index in [1.54, 1.807) is 0 Å². The summed E-state index contributed by atoms with van der Waals surface area (Å²) >= 11 is 0. The number of alkyl halides is 2. The van der Waals surface area contributed by atoms with Crippen molar-refractivity contribution in [2.75, 3.05) is 19.7 Å². The molecule has 0 unspecified atom stereocenters. The molecule has 0 fully saturated rings. The number of sulfonamides is 1. The maximum Gasteiger partial charge on any atom is 0.252 e. The van der Waals surface area contributed by atoms with Gasteiger partial charge < -0.3 is 5.11 Å². The van der Waals surface area contributed by atoms with E-state index < -0.39 is 42.0 Å². The first-order chi connectivity index (χ1) is 9.20. The molecule has 8 heteroatoms. The van der Waals surface area contributed by atoms with Crippen LogP contribution >= 0.6 is 0 Å². The number of aliphatic hydroxyl groups is 1. The number of aliphatic hydroxyl groups excluding tert-OH is 1. The maximum absolute atomic E-state index is 13.2. The Balaban J connectivity index is 3.33. The first-order valence-corrected chi connectivity index (χ1v) is 7.30. The first kappa shape index (κ1) is 16.9.